The van der Waals surface area contributed by atoms with Gasteiger partial charge in [0.05, 0.1) is 18.0 Å². The Hall–Kier alpha value is -0.763. The van der Waals surface area contributed by atoms with Gasteiger partial charge < -0.3 is 4.43 Å². The third kappa shape index (κ3) is 5.61. The molecule has 25 heavy (non-hydrogen) atoms. The highest BCUT2D eigenvalue weighted by Gasteiger charge is 2.38. The molecule has 0 saturated heterocycles. The van der Waals surface area contributed by atoms with E-state index in [-0.39, 0.29) is 11.1 Å². The maximum atomic E-state index is 11.8. The summed E-state index contributed by atoms with van der Waals surface area (Å²) in [6.07, 6.45) is 5.58. The molecule has 0 unspecified atom stereocenters. The second-order valence-electron chi connectivity index (χ2n) is 8.70. The Labute approximate surface area is 153 Å². The Kier molecular flexibility index (Phi) is 6.13. The third-order valence-electron chi connectivity index (χ3n) is 5.49. The molecule has 2 rings (SSSR count). The second kappa shape index (κ2) is 7.46. The van der Waals surface area contributed by atoms with Gasteiger partial charge in [-0.2, -0.15) is 0 Å². The van der Waals surface area contributed by atoms with Crippen molar-refractivity contribution in [2.75, 3.05) is 12.9 Å². The lowest BCUT2D eigenvalue weighted by molar-refractivity contribution is 0.207. The SMILES string of the molecule is CC(C)(C)[Si](C)(C)OC[C@@H]1CCc2cccnc2[C@@H](NS(C)(=O)=O)C1. The number of aromatic nitrogens is 1. The number of pyridine rings is 1. The number of sulfonamides is 1. The second-order valence-corrected chi connectivity index (χ2v) is 15.3. The first kappa shape index (κ1) is 20.5. The van der Waals surface area contributed by atoms with Crippen molar-refractivity contribution in [1.82, 2.24) is 9.71 Å². The summed E-state index contributed by atoms with van der Waals surface area (Å²) < 4.78 is 32.8. The van der Waals surface area contributed by atoms with Crippen LogP contribution in [0.15, 0.2) is 18.3 Å². The summed E-state index contributed by atoms with van der Waals surface area (Å²) in [5.74, 6) is 0.322. The molecule has 2 atom stereocenters. The van der Waals surface area contributed by atoms with E-state index in [1.807, 2.05) is 6.07 Å². The number of rotatable bonds is 5. The summed E-state index contributed by atoms with van der Waals surface area (Å²) in [5, 5.41) is 0.173. The molecule has 1 aromatic heterocycles. The van der Waals surface area contributed by atoms with Gasteiger partial charge in [-0.3, -0.25) is 4.98 Å². The average Bonchev–Trinajstić information content (AvgIpc) is 2.63. The van der Waals surface area contributed by atoms with E-state index in [0.29, 0.717) is 12.5 Å². The molecule has 1 aliphatic carbocycles. The summed E-state index contributed by atoms with van der Waals surface area (Å²) in [4.78, 5) is 4.47. The molecule has 5 nitrogen and oxygen atoms in total. The molecule has 0 saturated carbocycles. The topological polar surface area (TPSA) is 68.3 Å². The van der Waals surface area contributed by atoms with Crippen LogP contribution in [0.2, 0.25) is 18.1 Å². The normalized spacial score (nSPS) is 22.3. The molecule has 0 aliphatic heterocycles. The highest BCUT2D eigenvalue weighted by molar-refractivity contribution is 7.88. The summed E-state index contributed by atoms with van der Waals surface area (Å²) in [6, 6.07) is 3.70. The zero-order valence-corrected chi connectivity index (χ0v) is 18.1. The van der Waals surface area contributed by atoms with Gasteiger partial charge in [0.15, 0.2) is 8.32 Å². The van der Waals surface area contributed by atoms with Crippen molar-refractivity contribution in [2.45, 2.75) is 64.2 Å². The van der Waals surface area contributed by atoms with Crippen molar-refractivity contribution in [1.29, 1.82) is 0 Å². The molecule has 1 N–H and O–H groups in total. The minimum atomic E-state index is -3.29. The van der Waals surface area contributed by atoms with Gasteiger partial charge in [0.25, 0.3) is 0 Å². The van der Waals surface area contributed by atoms with E-state index in [1.165, 1.54) is 6.26 Å². The van der Waals surface area contributed by atoms with Gasteiger partial charge in [-0.25, -0.2) is 13.1 Å². The predicted molar refractivity (Wildman–Crippen MR) is 105 cm³/mol. The smallest absolute Gasteiger partial charge is 0.209 e. The lowest BCUT2D eigenvalue weighted by Crippen LogP contribution is -2.42. The van der Waals surface area contributed by atoms with Crippen molar-refractivity contribution in [3.63, 3.8) is 0 Å². The first-order valence-corrected chi connectivity index (χ1v) is 13.7. The number of fused-ring (bicyclic) bond motifs is 1. The molecule has 0 amide bonds. The molecule has 0 spiro atoms. The van der Waals surface area contributed by atoms with Crippen LogP contribution in [0, 0.1) is 5.92 Å². The molecule has 1 aliphatic rings. The molecule has 1 aromatic rings. The zero-order chi connectivity index (χ0) is 18.9. The van der Waals surface area contributed by atoms with Crippen LogP contribution in [0.4, 0.5) is 0 Å². The fourth-order valence-electron chi connectivity index (χ4n) is 2.95. The largest absolute Gasteiger partial charge is 0.417 e. The van der Waals surface area contributed by atoms with Crippen LogP contribution in [0.3, 0.4) is 0 Å². The average molecular weight is 385 g/mol. The maximum Gasteiger partial charge on any atom is 0.209 e. The number of nitrogens with zero attached hydrogens (tertiary/aromatic N) is 1. The van der Waals surface area contributed by atoms with Gasteiger partial charge in [0, 0.05) is 12.8 Å². The van der Waals surface area contributed by atoms with Gasteiger partial charge in [0.2, 0.25) is 10.0 Å². The predicted octanol–water partition coefficient (Wildman–Crippen LogP) is 3.65. The maximum absolute atomic E-state index is 11.8. The van der Waals surface area contributed by atoms with Crippen LogP contribution >= 0.6 is 0 Å². The summed E-state index contributed by atoms with van der Waals surface area (Å²) in [5.41, 5.74) is 2.00. The lowest BCUT2D eigenvalue weighted by Gasteiger charge is -2.37. The highest BCUT2D eigenvalue weighted by Crippen LogP contribution is 2.38. The van der Waals surface area contributed by atoms with E-state index in [2.05, 4.69) is 49.6 Å². The van der Waals surface area contributed by atoms with Crippen molar-refractivity contribution >= 4 is 18.3 Å². The van der Waals surface area contributed by atoms with E-state index >= 15 is 0 Å². The van der Waals surface area contributed by atoms with E-state index in [9.17, 15) is 8.42 Å². The van der Waals surface area contributed by atoms with Gasteiger partial charge in [0.1, 0.15) is 0 Å². The Morgan fingerprint density at radius 1 is 1.36 bits per heavy atom. The fourth-order valence-corrected chi connectivity index (χ4v) is 4.76. The Morgan fingerprint density at radius 2 is 2.04 bits per heavy atom. The molecular formula is C18H32N2O3SSi. The van der Waals surface area contributed by atoms with Crippen molar-refractivity contribution in [3.8, 4) is 0 Å². The first-order valence-electron chi connectivity index (χ1n) is 8.94. The Bertz CT molecular complexity index is 699. The molecular weight excluding hydrogens is 352 g/mol. The van der Waals surface area contributed by atoms with E-state index < -0.39 is 18.3 Å². The number of aryl methyl sites for hydroxylation is 1. The van der Waals surface area contributed by atoms with E-state index in [4.69, 9.17) is 4.43 Å². The molecule has 0 bridgehead atoms. The first-order chi connectivity index (χ1) is 11.4. The van der Waals surface area contributed by atoms with Crippen LogP contribution < -0.4 is 4.72 Å². The number of nitrogens with one attached hydrogen (secondary N) is 1. The Balaban J connectivity index is 2.16. The van der Waals surface area contributed by atoms with Gasteiger partial charge >= 0.3 is 0 Å². The minimum absolute atomic E-state index is 0.173. The van der Waals surface area contributed by atoms with Crippen LogP contribution in [0.25, 0.3) is 0 Å². The Morgan fingerprint density at radius 3 is 2.64 bits per heavy atom. The molecule has 7 heteroatoms. The van der Waals surface area contributed by atoms with E-state index in [1.54, 1.807) is 6.20 Å². The minimum Gasteiger partial charge on any atom is -0.417 e. The van der Waals surface area contributed by atoms with Crippen molar-refractivity contribution < 1.29 is 12.8 Å². The van der Waals surface area contributed by atoms with Crippen molar-refractivity contribution in [3.05, 3.63) is 29.6 Å². The molecule has 0 fully saturated rings. The summed E-state index contributed by atoms with van der Waals surface area (Å²) in [7, 11) is -5.10. The zero-order valence-electron chi connectivity index (χ0n) is 16.3. The van der Waals surface area contributed by atoms with Gasteiger partial charge in [-0.1, -0.05) is 26.8 Å². The van der Waals surface area contributed by atoms with E-state index in [0.717, 1.165) is 30.5 Å². The molecule has 0 radical (unpaired) electrons. The third-order valence-corrected chi connectivity index (χ3v) is 10.7. The summed E-state index contributed by atoms with van der Waals surface area (Å²) in [6.45, 7) is 11.9. The molecule has 1 heterocycles. The number of hydrogen-bond donors (Lipinski definition) is 1. The van der Waals surface area contributed by atoms with Crippen LogP contribution in [-0.2, 0) is 20.9 Å². The standard InChI is InChI=1S/C18H32N2O3SSi/c1-18(2,3)25(5,6)23-13-14-9-10-15-8-7-11-19-17(15)16(12-14)20-24(4,21)22/h7-8,11,14,16,20H,9-10,12-13H2,1-6H3/t14-,16+/m1/s1. The van der Waals surface area contributed by atoms with Crippen LogP contribution in [-0.4, -0.2) is 34.6 Å². The quantitative estimate of drug-likeness (QED) is 0.621. The number of hydrogen-bond acceptors (Lipinski definition) is 4. The van der Waals surface area contributed by atoms with Crippen LogP contribution in [0.1, 0.15) is 50.9 Å². The lowest BCUT2D eigenvalue weighted by atomic mass is 9.99. The van der Waals surface area contributed by atoms with Crippen LogP contribution in [0.5, 0.6) is 0 Å². The summed E-state index contributed by atoms with van der Waals surface area (Å²) >= 11 is 0. The molecule has 0 aromatic carbocycles. The van der Waals surface area contributed by atoms with Crippen molar-refractivity contribution in [2.24, 2.45) is 5.92 Å². The fraction of sp³-hybridized carbons (Fsp3) is 0.722. The highest BCUT2D eigenvalue weighted by atomic mass is 32.2. The van der Waals surface area contributed by atoms with Gasteiger partial charge in [-0.05, 0) is 54.9 Å². The molecule has 142 valence electrons. The van der Waals surface area contributed by atoms with Gasteiger partial charge in [-0.15, -0.1) is 0 Å². The monoisotopic (exact) mass is 384 g/mol.